The normalized spacial score (nSPS) is 14.4. The van der Waals surface area contributed by atoms with Crippen LogP contribution < -0.4 is 5.32 Å². The molecule has 5 nitrogen and oxygen atoms in total. The molecule has 1 unspecified atom stereocenters. The van der Waals surface area contributed by atoms with E-state index < -0.39 is 14.6 Å². The van der Waals surface area contributed by atoms with Gasteiger partial charge in [-0.3, -0.25) is 4.68 Å². The first-order valence-corrected chi connectivity index (χ1v) is 8.99. The van der Waals surface area contributed by atoms with Crippen LogP contribution in [0.15, 0.2) is 12.3 Å². The number of hydrogen-bond acceptors (Lipinski definition) is 4. The van der Waals surface area contributed by atoms with Gasteiger partial charge in [0.25, 0.3) is 0 Å². The second-order valence-electron chi connectivity index (χ2n) is 5.87. The molecule has 1 N–H and O–H groups in total. The second-order valence-corrected chi connectivity index (χ2v) is 8.46. The molecular formula is C14H27N3O2S. The monoisotopic (exact) mass is 301 g/mol. The van der Waals surface area contributed by atoms with E-state index in [9.17, 15) is 8.42 Å². The van der Waals surface area contributed by atoms with Crippen molar-refractivity contribution in [2.45, 2.75) is 50.8 Å². The Morgan fingerprint density at radius 1 is 1.45 bits per heavy atom. The topological polar surface area (TPSA) is 64.0 Å². The first-order chi connectivity index (χ1) is 9.20. The molecule has 0 saturated carbocycles. The van der Waals surface area contributed by atoms with Crippen molar-refractivity contribution < 1.29 is 8.42 Å². The van der Waals surface area contributed by atoms with Crippen molar-refractivity contribution in [1.29, 1.82) is 0 Å². The minimum absolute atomic E-state index is 0.0626. The van der Waals surface area contributed by atoms with Crippen molar-refractivity contribution >= 4 is 9.84 Å². The molecule has 0 bridgehead atoms. The van der Waals surface area contributed by atoms with E-state index in [1.807, 2.05) is 17.8 Å². The molecule has 116 valence electrons. The van der Waals surface area contributed by atoms with E-state index in [0.29, 0.717) is 0 Å². The fraction of sp³-hybridized carbons (Fsp3) is 0.786. The molecule has 0 aliphatic heterocycles. The van der Waals surface area contributed by atoms with Crippen LogP contribution in [0, 0.1) is 0 Å². The van der Waals surface area contributed by atoms with Gasteiger partial charge in [0, 0.05) is 31.2 Å². The minimum Gasteiger partial charge on any atom is -0.312 e. The summed E-state index contributed by atoms with van der Waals surface area (Å²) in [6, 6.07) is 1.91. The van der Waals surface area contributed by atoms with Gasteiger partial charge >= 0.3 is 0 Å². The lowest BCUT2D eigenvalue weighted by molar-refractivity contribution is 0.385. The number of hydrogen-bond donors (Lipinski definition) is 1. The van der Waals surface area contributed by atoms with Crippen molar-refractivity contribution in [1.82, 2.24) is 15.1 Å². The molecule has 0 spiro atoms. The van der Waals surface area contributed by atoms with Crippen LogP contribution in [0.3, 0.4) is 0 Å². The number of aromatic nitrogens is 2. The molecule has 0 aromatic carbocycles. The Morgan fingerprint density at radius 2 is 2.10 bits per heavy atom. The Labute approximate surface area is 122 Å². The molecule has 0 amide bonds. The van der Waals surface area contributed by atoms with Crippen molar-refractivity contribution in [3.05, 3.63) is 18.0 Å². The van der Waals surface area contributed by atoms with E-state index in [1.54, 1.807) is 20.0 Å². The molecule has 0 fully saturated rings. The Balaban J connectivity index is 2.82. The molecule has 20 heavy (non-hydrogen) atoms. The van der Waals surface area contributed by atoms with Gasteiger partial charge < -0.3 is 5.32 Å². The minimum atomic E-state index is -3.12. The summed E-state index contributed by atoms with van der Waals surface area (Å²) < 4.78 is 25.1. The zero-order chi connectivity index (χ0) is 15.4. The van der Waals surface area contributed by atoms with Crippen molar-refractivity contribution in [2.75, 3.05) is 12.8 Å². The predicted molar refractivity (Wildman–Crippen MR) is 82.5 cm³/mol. The van der Waals surface area contributed by atoms with Gasteiger partial charge in [-0.1, -0.05) is 6.92 Å². The third-order valence-corrected chi connectivity index (χ3v) is 6.24. The van der Waals surface area contributed by atoms with Gasteiger partial charge in [0.1, 0.15) is 0 Å². The third-order valence-electron chi connectivity index (χ3n) is 4.05. The maximum absolute atomic E-state index is 12.0. The predicted octanol–water partition coefficient (Wildman–Crippen LogP) is 1.54. The lowest BCUT2D eigenvalue weighted by atomic mass is 9.97. The number of sulfone groups is 1. The van der Waals surface area contributed by atoms with Gasteiger partial charge in [-0.05, 0) is 45.7 Å². The van der Waals surface area contributed by atoms with E-state index in [2.05, 4.69) is 17.3 Å². The molecule has 1 atom stereocenters. The zero-order valence-electron chi connectivity index (χ0n) is 13.2. The smallest absolute Gasteiger partial charge is 0.154 e. The maximum Gasteiger partial charge on any atom is 0.154 e. The van der Waals surface area contributed by atoms with Crippen LogP contribution in [0.2, 0.25) is 0 Å². The molecule has 1 aromatic rings. The standard InChI is InChI=1S/C14H27N3O2S/c1-6-10-15-13(14(2,3)20(5,18)19)8-7-12-9-11-16-17(12)4/h9,11,13,15H,6-8,10H2,1-5H3. The van der Waals surface area contributed by atoms with Gasteiger partial charge in [-0.25, -0.2) is 8.42 Å². The molecule has 0 radical (unpaired) electrons. The van der Waals surface area contributed by atoms with E-state index in [0.717, 1.165) is 31.5 Å². The summed E-state index contributed by atoms with van der Waals surface area (Å²) in [7, 11) is -1.21. The van der Waals surface area contributed by atoms with Gasteiger partial charge in [-0.2, -0.15) is 5.10 Å². The largest absolute Gasteiger partial charge is 0.312 e. The quantitative estimate of drug-likeness (QED) is 0.791. The number of nitrogens with zero attached hydrogens (tertiary/aromatic N) is 2. The summed E-state index contributed by atoms with van der Waals surface area (Å²) in [6.45, 7) is 6.52. The summed E-state index contributed by atoms with van der Waals surface area (Å²) in [6.07, 6.45) is 5.67. The fourth-order valence-electron chi connectivity index (χ4n) is 2.21. The third kappa shape index (κ3) is 4.06. The molecule has 1 rings (SSSR count). The average molecular weight is 301 g/mol. The van der Waals surface area contributed by atoms with E-state index in [4.69, 9.17) is 0 Å². The molecule has 1 aromatic heterocycles. The van der Waals surface area contributed by atoms with Gasteiger partial charge in [-0.15, -0.1) is 0 Å². The van der Waals surface area contributed by atoms with Gasteiger partial charge in [0.15, 0.2) is 9.84 Å². The average Bonchev–Trinajstić information content (AvgIpc) is 2.73. The fourth-order valence-corrected chi connectivity index (χ4v) is 2.93. The number of rotatable bonds is 8. The highest BCUT2D eigenvalue weighted by atomic mass is 32.2. The molecule has 1 heterocycles. The van der Waals surface area contributed by atoms with Crippen LogP contribution in [0.4, 0.5) is 0 Å². The van der Waals surface area contributed by atoms with E-state index in [-0.39, 0.29) is 6.04 Å². The number of nitrogens with one attached hydrogen (secondary N) is 1. The Morgan fingerprint density at radius 3 is 2.55 bits per heavy atom. The lowest BCUT2D eigenvalue weighted by Gasteiger charge is -2.33. The lowest BCUT2D eigenvalue weighted by Crippen LogP contribution is -2.51. The van der Waals surface area contributed by atoms with Crippen LogP contribution in [0.5, 0.6) is 0 Å². The summed E-state index contributed by atoms with van der Waals surface area (Å²) >= 11 is 0. The summed E-state index contributed by atoms with van der Waals surface area (Å²) in [5.74, 6) is 0. The van der Waals surface area contributed by atoms with Crippen LogP contribution in [0.25, 0.3) is 0 Å². The van der Waals surface area contributed by atoms with E-state index in [1.165, 1.54) is 6.26 Å². The molecule has 0 aliphatic carbocycles. The highest BCUT2D eigenvalue weighted by Gasteiger charge is 2.38. The Hall–Kier alpha value is -0.880. The van der Waals surface area contributed by atoms with Crippen LogP contribution in [0.1, 0.15) is 39.3 Å². The van der Waals surface area contributed by atoms with Crippen molar-refractivity contribution in [2.24, 2.45) is 7.05 Å². The van der Waals surface area contributed by atoms with Crippen LogP contribution >= 0.6 is 0 Å². The summed E-state index contributed by atoms with van der Waals surface area (Å²) in [5.41, 5.74) is 1.12. The molecule has 6 heteroatoms. The zero-order valence-corrected chi connectivity index (χ0v) is 14.0. The first kappa shape index (κ1) is 17.2. The first-order valence-electron chi connectivity index (χ1n) is 7.10. The highest BCUT2D eigenvalue weighted by Crippen LogP contribution is 2.23. The molecular weight excluding hydrogens is 274 g/mol. The Bertz CT molecular complexity index is 520. The Kier molecular flexibility index (Phi) is 5.77. The summed E-state index contributed by atoms with van der Waals surface area (Å²) in [4.78, 5) is 0. The molecule has 0 aliphatic rings. The van der Waals surface area contributed by atoms with Gasteiger partial charge in [0.2, 0.25) is 0 Å². The van der Waals surface area contributed by atoms with E-state index >= 15 is 0 Å². The highest BCUT2D eigenvalue weighted by molar-refractivity contribution is 7.92. The van der Waals surface area contributed by atoms with Crippen LogP contribution in [-0.4, -0.2) is 41.8 Å². The van der Waals surface area contributed by atoms with Crippen molar-refractivity contribution in [3.8, 4) is 0 Å². The van der Waals surface area contributed by atoms with Gasteiger partial charge in [0.05, 0.1) is 4.75 Å². The number of aryl methyl sites for hydroxylation is 2. The second kappa shape index (κ2) is 6.72. The molecule has 0 saturated heterocycles. The SMILES string of the molecule is CCCNC(CCc1ccnn1C)C(C)(C)S(C)(=O)=O. The maximum atomic E-state index is 12.0. The van der Waals surface area contributed by atoms with Crippen LogP contribution in [-0.2, 0) is 23.3 Å². The summed E-state index contributed by atoms with van der Waals surface area (Å²) in [5, 5.41) is 7.53. The van der Waals surface area contributed by atoms with Crippen molar-refractivity contribution in [3.63, 3.8) is 0 Å².